The second-order valence-electron chi connectivity index (χ2n) is 6.42. The van der Waals surface area contributed by atoms with Crippen LogP contribution in [0.3, 0.4) is 0 Å². The van der Waals surface area contributed by atoms with Crippen molar-refractivity contribution in [1.29, 1.82) is 0 Å². The van der Waals surface area contributed by atoms with Gasteiger partial charge in [-0.15, -0.1) is 11.3 Å². The Labute approximate surface area is 129 Å². The van der Waals surface area contributed by atoms with E-state index in [9.17, 15) is 15.2 Å². The largest absolute Gasteiger partial charge is 0.388 e. The molecule has 0 aromatic carbocycles. The lowest BCUT2D eigenvalue weighted by Crippen LogP contribution is -2.53. The number of piperazine rings is 1. The molecule has 0 aliphatic carbocycles. The van der Waals surface area contributed by atoms with Gasteiger partial charge in [-0.25, -0.2) is 0 Å². The first-order chi connectivity index (χ1) is 9.70. The summed E-state index contributed by atoms with van der Waals surface area (Å²) in [6.45, 7) is 11.5. The highest BCUT2D eigenvalue weighted by Gasteiger charge is 2.30. The molecule has 0 bridgehead atoms. The zero-order valence-corrected chi connectivity index (χ0v) is 13.8. The van der Waals surface area contributed by atoms with Gasteiger partial charge in [-0.2, -0.15) is 0 Å². The zero-order valence-electron chi connectivity index (χ0n) is 13.0. The molecule has 1 aliphatic heterocycles. The van der Waals surface area contributed by atoms with Gasteiger partial charge in [0.25, 0.3) is 0 Å². The Hall–Kier alpha value is -1.18. The fraction of sp³-hybridized carbons (Fsp3) is 0.714. The van der Waals surface area contributed by atoms with Crippen molar-refractivity contribution in [3.8, 4) is 0 Å². The van der Waals surface area contributed by atoms with E-state index in [2.05, 4.69) is 30.6 Å². The summed E-state index contributed by atoms with van der Waals surface area (Å²) in [6, 6.07) is 1.50. The van der Waals surface area contributed by atoms with E-state index in [-0.39, 0.29) is 16.1 Å². The molecule has 2 heterocycles. The smallest absolute Gasteiger partial charge is 0.304 e. The quantitative estimate of drug-likeness (QED) is 0.686. The second kappa shape index (κ2) is 5.90. The number of aliphatic hydroxyl groups excluding tert-OH is 1. The molecule has 6 nitrogen and oxygen atoms in total. The molecule has 0 spiro atoms. The van der Waals surface area contributed by atoms with E-state index in [1.165, 1.54) is 17.4 Å². The first-order valence-electron chi connectivity index (χ1n) is 7.16. The van der Waals surface area contributed by atoms with Gasteiger partial charge in [0.05, 0.1) is 11.0 Å². The van der Waals surface area contributed by atoms with E-state index in [0.29, 0.717) is 9.88 Å². The van der Waals surface area contributed by atoms with Crippen molar-refractivity contribution < 1.29 is 10.0 Å². The van der Waals surface area contributed by atoms with Gasteiger partial charge in [-0.1, -0.05) is 0 Å². The SMILES string of the molecule is CC(O)c1cc([N+](=O)[O-])c(N2CCN(C(C)(C)C)CC2)s1. The van der Waals surface area contributed by atoms with Gasteiger partial charge >= 0.3 is 5.69 Å². The molecule has 1 atom stereocenters. The van der Waals surface area contributed by atoms with Crippen LogP contribution >= 0.6 is 11.3 Å². The highest BCUT2D eigenvalue weighted by atomic mass is 32.1. The Balaban J connectivity index is 2.18. The van der Waals surface area contributed by atoms with Crippen molar-refractivity contribution in [2.24, 2.45) is 0 Å². The number of anilines is 1. The van der Waals surface area contributed by atoms with Crippen molar-refractivity contribution in [1.82, 2.24) is 4.90 Å². The maximum absolute atomic E-state index is 11.2. The van der Waals surface area contributed by atoms with Crippen molar-refractivity contribution >= 4 is 22.0 Å². The standard InChI is InChI=1S/C14H23N3O3S/c1-10(18)12-9-11(17(19)20)13(21-12)15-5-7-16(8-6-15)14(2,3)4/h9-10,18H,5-8H2,1-4H3. The lowest BCUT2D eigenvalue weighted by Gasteiger charge is -2.42. The summed E-state index contributed by atoms with van der Waals surface area (Å²) in [5.74, 6) is 0. The molecule has 7 heteroatoms. The van der Waals surface area contributed by atoms with Crippen LogP contribution in [-0.2, 0) is 0 Å². The normalized spacial score (nSPS) is 18.8. The third kappa shape index (κ3) is 3.53. The molecule has 1 fully saturated rings. The topological polar surface area (TPSA) is 69.8 Å². The van der Waals surface area contributed by atoms with Crippen LogP contribution in [-0.4, -0.2) is 46.6 Å². The minimum Gasteiger partial charge on any atom is -0.388 e. The van der Waals surface area contributed by atoms with Crippen molar-refractivity contribution in [2.45, 2.75) is 39.3 Å². The molecule has 1 saturated heterocycles. The molecule has 0 amide bonds. The van der Waals surface area contributed by atoms with Crippen LogP contribution in [0.4, 0.5) is 10.7 Å². The van der Waals surface area contributed by atoms with E-state index < -0.39 is 6.10 Å². The molecule has 1 aromatic heterocycles. The van der Waals surface area contributed by atoms with E-state index in [1.54, 1.807) is 6.92 Å². The average Bonchev–Trinajstić information content (AvgIpc) is 2.83. The second-order valence-corrected chi connectivity index (χ2v) is 7.48. The summed E-state index contributed by atoms with van der Waals surface area (Å²) in [5, 5.41) is 21.5. The summed E-state index contributed by atoms with van der Waals surface area (Å²) in [7, 11) is 0. The molecule has 1 unspecified atom stereocenters. The Morgan fingerprint density at radius 3 is 2.33 bits per heavy atom. The number of nitro groups is 1. The van der Waals surface area contributed by atoms with Gasteiger partial charge in [-0.3, -0.25) is 15.0 Å². The van der Waals surface area contributed by atoms with E-state index in [4.69, 9.17) is 0 Å². The molecule has 21 heavy (non-hydrogen) atoms. The molecule has 1 N–H and O–H groups in total. The minimum absolute atomic E-state index is 0.111. The Bertz CT molecular complexity index is 514. The van der Waals surface area contributed by atoms with Gasteiger partial charge in [-0.05, 0) is 27.7 Å². The van der Waals surface area contributed by atoms with Crippen LogP contribution in [0.25, 0.3) is 0 Å². The van der Waals surface area contributed by atoms with Crippen LogP contribution < -0.4 is 4.90 Å². The summed E-state index contributed by atoms with van der Waals surface area (Å²) in [4.78, 5) is 16.0. The van der Waals surface area contributed by atoms with Crippen molar-refractivity contribution in [3.63, 3.8) is 0 Å². The predicted octanol–water partition coefficient (Wildman–Crippen LogP) is 2.63. The number of hydrogen-bond donors (Lipinski definition) is 1. The van der Waals surface area contributed by atoms with Crippen LogP contribution in [0.15, 0.2) is 6.07 Å². The van der Waals surface area contributed by atoms with Gasteiger partial charge in [0.1, 0.15) is 0 Å². The van der Waals surface area contributed by atoms with E-state index in [0.717, 1.165) is 26.2 Å². The van der Waals surface area contributed by atoms with Gasteiger partial charge < -0.3 is 10.0 Å². The number of thiophene rings is 1. The number of hydrogen-bond acceptors (Lipinski definition) is 6. The van der Waals surface area contributed by atoms with E-state index in [1.807, 2.05) is 0 Å². The number of aliphatic hydroxyl groups is 1. The molecular weight excluding hydrogens is 290 g/mol. The number of rotatable bonds is 3. The molecular formula is C14H23N3O3S. The summed E-state index contributed by atoms with van der Waals surface area (Å²) >= 11 is 1.33. The third-order valence-corrected chi connectivity index (χ3v) is 5.19. The third-order valence-electron chi connectivity index (χ3n) is 3.84. The molecule has 2 rings (SSSR count). The highest BCUT2D eigenvalue weighted by Crippen LogP contribution is 2.40. The summed E-state index contributed by atoms with van der Waals surface area (Å²) in [5.41, 5.74) is 0.234. The Kier molecular flexibility index (Phi) is 4.55. The fourth-order valence-electron chi connectivity index (χ4n) is 2.53. The Morgan fingerprint density at radius 2 is 1.90 bits per heavy atom. The lowest BCUT2D eigenvalue weighted by molar-refractivity contribution is -0.383. The van der Waals surface area contributed by atoms with Crippen LogP contribution in [0.2, 0.25) is 0 Å². The van der Waals surface area contributed by atoms with E-state index >= 15 is 0 Å². The minimum atomic E-state index is -0.668. The molecule has 0 saturated carbocycles. The first kappa shape index (κ1) is 16.2. The zero-order chi connectivity index (χ0) is 15.8. The van der Waals surface area contributed by atoms with Crippen molar-refractivity contribution in [3.05, 3.63) is 21.1 Å². The fourth-order valence-corrected chi connectivity index (χ4v) is 3.65. The van der Waals surface area contributed by atoms with Crippen LogP contribution in [0, 0.1) is 10.1 Å². The van der Waals surface area contributed by atoms with Gasteiger partial charge in [0.15, 0.2) is 5.00 Å². The molecule has 1 aromatic rings. The number of nitrogens with zero attached hydrogens (tertiary/aromatic N) is 3. The first-order valence-corrected chi connectivity index (χ1v) is 7.98. The predicted molar refractivity (Wildman–Crippen MR) is 85.1 cm³/mol. The molecule has 1 aliphatic rings. The highest BCUT2D eigenvalue weighted by molar-refractivity contribution is 7.16. The summed E-state index contributed by atoms with van der Waals surface area (Å²) < 4.78 is 0. The van der Waals surface area contributed by atoms with Gasteiger partial charge in [0, 0.05) is 42.7 Å². The average molecular weight is 313 g/mol. The van der Waals surface area contributed by atoms with Gasteiger partial charge in [0.2, 0.25) is 0 Å². The summed E-state index contributed by atoms with van der Waals surface area (Å²) in [6.07, 6.45) is -0.668. The van der Waals surface area contributed by atoms with Crippen LogP contribution in [0.5, 0.6) is 0 Å². The lowest BCUT2D eigenvalue weighted by atomic mass is 10.1. The maximum atomic E-state index is 11.2. The van der Waals surface area contributed by atoms with Crippen LogP contribution in [0.1, 0.15) is 38.7 Å². The maximum Gasteiger partial charge on any atom is 0.304 e. The molecule has 0 radical (unpaired) electrons. The van der Waals surface area contributed by atoms with Crippen molar-refractivity contribution in [2.75, 3.05) is 31.1 Å². The molecule has 118 valence electrons. The monoisotopic (exact) mass is 313 g/mol. The Morgan fingerprint density at radius 1 is 1.33 bits per heavy atom.